The number of amides is 1. The van der Waals surface area contributed by atoms with Crippen LogP contribution in [0.15, 0.2) is 53.4 Å². The zero-order valence-corrected chi connectivity index (χ0v) is 17.4. The smallest absolute Gasteiger partial charge is 0.252 e. The standard InChI is InChI=1S/C19H13N3O4S3/c1-22-14(18(24)21-19-20-11-7-3-5-9-13(11)28-19)15(23)16-17(29(22,25)26)10-6-2-4-8-12(10)27-16/h2-9,14H,1H3,(H,20,21,24). The van der Waals surface area contributed by atoms with Gasteiger partial charge in [0.2, 0.25) is 15.8 Å². The number of para-hydroxylation sites is 1. The Morgan fingerprint density at radius 1 is 1.07 bits per heavy atom. The van der Waals surface area contributed by atoms with Crippen LogP contribution in [-0.4, -0.2) is 42.5 Å². The Morgan fingerprint density at radius 2 is 1.76 bits per heavy atom. The molecule has 1 unspecified atom stereocenters. The summed E-state index contributed by atoms with van der Waals surface area (Å²) in [6.07, 6.45) is 0. The molecular formula is C19H13N3O4S3. The lowest BCUT2D eigenvalue weighted by Crippen LogP contribution is -2.52. The molecule has 0 bridgehead atoms. The Hall–Kier alpha value is -2.66. The number of ketones is 1. The number of hydrogen-bond acceptors (Lipinski definition) is 7. The van der Waals surface area contributed by atoms with Gasteiger partial charge in [-0.15, -0.1) is 11.3 Å². The van der Waals surface area contributed by atoms with Crippen molar-refractivity contribution in [2.45, 2.75) is 10.9 Å². The molecule has 2 aromatic carbocycles. The number of nitrogens with one attached hydrogen (secondary N) is 1. The highest BCUT2D eigenvalue weighted by molar-refractivity contribution is 7.89. The van der Waals surface area contributed by atoms with Crippen LogP contribution in [0.5, 0.6) is 0 Å². The second-order valence-corrected chi connectivity index (χ2v) is 10.5. The van der Waals surface area contributed by atoms with Crippen molar-refractivity contribution in [1.29, 1.82) is 0 Å². The predicted molar refractivity (Wildman–Crippen MR) is 113 cm³/mol. The summed E-state index contributed by atoms with van der Waals surface area (Å²) >= 11 is 2.36. The number of aromatic nitrogens is 1. The fourth-order valence-corrected chi connectivity index (χ4v) is 7.38. The minimum atomic E-state index is -4.00. The molecule has 5 rings (SSSR count). The van der Waals surface area contributed by atoms with Gasteiger partial charge in [0.15, 0.2) is 11.2 Å². The van der Waals surface area contributed by atoms with Gasteiger partial charge in [0.05, 0.1) is 15.1 Å². The van der Waals surface area contributed by atoms with E-state index in [-0.39, 0.29) is 9.77 Å². The van der Waals surface area contributed by atoms with Gasteiger partial charge in [-0.3, -0.25) is 9.59 Å². The molecule has 1 amide bonds. The Bertz CT molecular complexity index is 1390. The van der Waals surface area contributed by atoms with Crippen molar-refractivity contribution in [2.75, 3.05) is 12.4 Å². The van der Waals surface area contributed by atoms with E-state index in [4.69, 9.17) is 0 Å². The van der Waals surface area contributed by atoms with Gasteiger partial charge in [0.1, 0.15) is 4.90 Å². The summed E-state index contributed by atoms with van der Waals surface area (Å²) in [6, 6.07) is 12.8. The van der Waals surface area contributed by atoms with Crippen molar-refractivity contribution in [2.24, 2.45) is 0 Å². The van der Waals surface area contributed by atoms with E-state index in [2.05, 4.69) is 10.3 Å². The number of nitrogens with zero attached hydrogens (tertiary/aromatic N) is 2. The van der Waals surface area contributed by atoms with Crippen LogP contribution in [0.4, 0.5) is 5.13 Å². The second-order valence-electron chi connectivity index (χ2n) is 6.52. The van der Waals surface area contributed by atoms with E-state index in [9.17, 15) is 18.0 Å². The molecule has 1 atom stereocenters. The van der Waals surface area contributed by atoms with Crippen molar-refractivity contribution >= 4 is 69.8 Å². The molecule has 4 aromatic rings. The molecule has 0 radical (unpaired) electrons. The third-order valence-electron chi connectivity index (χ3n) is 4.80. The number of likely N-dealkylation sites (N-methyl/N-ethyl adjacent to an activating group) is 1. The molecular weight excluding hydrogens is 430 g/mol. The van der Waals surface area contributed by atoms with E-state index in [1.165, 1.54) is 18.4 Å². The quantitative estimate of drug-likeness (QED) is 0.480. The van der Waals surface area contributed by atoms with Gasteiger partial charge in [0, 0.05) is 17.1 Å². The lowest BCUT2D eigenvalue weighted by atomic mass is 10.1. The lowest BCUT2D eigenvalue weighted by molar-refractivity contribution is -0.118. The van der Waals surface area contributed by atoms with Crippen molar-refractivity contribution in [1.82, 2.24) is 9.29 Å². The Balaban J connectivity index is 1.56. The average molecular weight is 444 g/mol. The zero-order chi connectivity index (χ0) is 20.3. The van der Waals surface area contributed by atoms with Crippen LogP contribution in [0, 0.1) is 0 Å². The van der Waals surface area contributed by atoms with Crippen LogP contribution in [0.1, 0.15) is 9.67 Å². The first kappa shape index (κ1) is 18.4. The number of thiazole rings is 1. The van der Waals surface area contributed by atoms with Crippen LogP contribution in [-0.2, 0) is 14.8 Å². The third-order valence-corrected chi connectivity index (χ3v) is 8.97. The highest BCUT2D eigenvalue weighted by Gasteiger charge is 2.47. The summed E-state index contributed by atoms with van der Waals surface area (Å²) in [5.74, 6) is -1.25. The summed E-state index contributed by atoms with van der Waals surface area (Å²) < 4.78 is 28.7. The largest absolute Gasteiger partial charge is 0.300 e. The van der Waals surface area contributed by atoms with E-state index < -0.39 is 27.8 Å². The van der Waals surface area contributed by atoms with Gasteiger partial charge in [-0.2, -0.15) is 4.31 Å². The number of benzene rings is 2. The van der Waals surface area contributed by atoms with Gasteiger partial charge >= 0.3 is 0 Å². The topological polar surface area (TPSA) is 96.4 Å². The van der Waals surface area contributed by atoms with Crippen LogP contribution in [0.2, 0.25) is 0 Å². The first-order valence-electron chi connectivity index (χ1n) is 8.58. The van der Waals surface area contributed by atoms with E-state index in [1.807, 2.05) is 24.3 Å². The second kappa shape index (κ2) is 6.42. The number of hydrogen-bond donors (Lipinski definition) is 1. The van der Waals surface area contributed by atoms with Crippen molar-refractivity contribution in [3.63, 3.8) is 0 Å². The highest BCUT2D eigenvalue weighted by atomic mass is 32.2. The van der Waals surface area contributed by atoms with Crippen LogP contribution in [0.3, 0.4) is 0 Å². The Kier molecular flexibility index (Phi) is 4.07. The molecule has 146 valence electrons. The summed E-state index contributed by atoms with van der Waals surface area (Å²) in [5, 5.41) is 3.42. The number of rotatable bonds is 2. The fourth-order valence-electron chi connectivity index (χ4n) is 3.40. The lowest BCUT2D eigenvalue weighted by Gasteiger charge is -2.29. The van der Waals surface area contributed by atoms with Gasteiger partial charge in [0.25, 0.3) is 5.91 Å². The number of carbonyl (C=O) groups excluding carboxylic acids is 2. The molecule has 10 heteroatoms. The first-order valence-corrected chi connectivity index (χ1v) is 11.7. The van der Waals surface area contributed by atoms with Crippen LogP contribution >= 0.6 is 22.7 Å². The van der Waals surface area contributed by atoms with E-state index in [0.29, 0.717) is 15.2 Å². The highest BCUT2D eigenvalue weighted by Crippen LogP contribution is 2.41. The maximum atomic E-state index is 13.1. The monoisotopic (exact) mass is 443 g/mol. The number of Topliss-reactive ketones (excluding diaryl/α,β-unsaturated/α-hetero) is 1. The molecule has 0 fully saturated rings. The molecule has 3 heterocycles. The van der Waals surface area contributed by atoms with Gasteiger partial charge in [-0.25, -0.2) is 13.4 Å². The molecule has 2 aromatic heterocycles. The van der Waals surface area contributed by atoms with Gasteiger partial charge in [-0.05, 0) is 18.2 Å². The van der Waals surface area contributed by atoms with E-state index in [0.717, 1.165) is 25.9 Å². The molecule has 29 heavy (non-hydrogen) atoms. The Morgan fingerprint density at radius 3 is 2.52 bits per heavy atom. The van der Waals surface area contributed by atoms with Crippen molar-refractivity contribution in [3.8, 4) is 0 Å². The molecule has 0 spiro atoms. The third kappa shape index (κ3) is 2.71. The molecule has 0 saturated heterocycles. The van der Waals surface area contributed by atoms with Crippen LogP contribution < -0.4 is 5.32 Å². The first-order chi connectivity index (χ1) is 13.9. The van der Waals surface area contributed by atoms with Gasteiger partial charge < -0.3 is 5.32 Å². The fraction of sp³-hybridized carbons (Fsp3) is 0.105. The molecule has 7 nitrogen and oxygen atoms in total. The minimum absolute atomic E-state index is 0.0189. The Labute approximate surface area is 173 Å². The van der Waals surface area contributed by atoms with Crippen molar-refractivity contribution < 1.29 is 18.0 Å². The van der Waals surface area contributed by atoms with E-state index in [1.54, 1.807) is 24.3 Å². The summed E-state index contributed by atoms with van der Waals surface area (Å²) in [6.45, 7) is 0. The summed E-state index contributed by atoms with van der Waals surface area (Å²) in [4.78, 5) is 30.4. The SMILES string of the molecule is CN1C(C(=O)Nc2nc3ccccc3s2)C(=O)c2sc3ccccc3c2S1(=O)=O. The molecule has 1 aliphatic heterocycles. The number of fused-ring (bicyclic) bond motifs is 4. The van der Waals surface area contributed by atoms with E-state index >= 15 is 0 Å². The summed E-state index contributed by atoms with van der Waals surface area (Å²) in [5.41, 5.74) is 0.718. The van der Waals surface area contributed by atoms with Gasteiger partial charge in [-0.1, -0.05) is 41.7 Å². The minimum Gasteiger partial charge on any atom is -0.300 e. The maximum absolute atomic E-state index is 13.1. The predicted octanol–water partition coefficient (Wildman–Crippen LogP) is 3.34. The van der Waals surface area contributed by atoms with Crippen LogP contribution in [0.25, 0.3) is 20.3 Å². The molecule has 0 saturated carbocycles. The molecule has 1 aliphatic rings. The average Bonchev–Trinajstić information content (AvgIpc) is 3.28. The number of anilines is 1. The molecule has 1 N–H and O–H groups in total. The maximum Gasteiger partial charge on any atom is 0.252 e. The number of sulfonamides is 1. The normalized spacial score (nSPS) is 18.8. The zero-order valence-electron chi connectivity index (χ0n) is 14.9. The van der Waals surface area contributed by atoms with Crippen molar-refractivity contribution in [3.05, 3.63) is 53.4 Å². The number of carbonyl (C=O) groups is 2. The summed E-state index contributed by atoms with van der Waals surface area (Å²) in [7, 11) is -2.75. The number of thiophene rings is 1. The molecule has 0 aliphatic carbocycles.